The van der Waals surface area contributed by atoms with Gasteiger partial charge in [0.2, 0.25) is 0 Å². The van der Waals surface area contributed by atoms with E-state index in [2.05, 4.69) is 5.32 Å². The lowest BCUT2D eigenvalue weighted by Crippen LogP contribution is -2.41. The smallest absolute Gasteiger partial charge is 0.251 e. The molecule has 0 spiro atoms. The summed E-state index contributed by atoms with van der Waals surface area (Å²) in [6, 6.07) is 15.4. The fourth-order valence-corrected chi connectivity index (χ4v) is 2.46. The number of rotatable bonds is 6. The molecule has 2 aromatic carbocycles. The zero-order valence-corrected chi connectivity index (χ0v) is 12.8. The minimum absolute atomic E-state index is 0.300. The second-order valence-corrected chi connectivity index (χ2v) is 5.11. The number of hydrogen-bond acceptors (Lipinski definition) is 2. The lowest BCUT2D eigenvalue weighted by molar-refractivity contribution is -0.0164. The van der Waals surface area contributed by atoms with Crippen molar-refractivity contribution in [2.24, 2.45) is 0 Å². The summed E-state index contributed by atoms with van der Waals surface area (Å²) in [7, 11) is 1.63. The van der Waals surface area contributed by atoms with E-state index >= 15 is 0 Å². The first kappa shape index (κ1) is 16.2. The predicted octanol–water partition coefficient (Wildman–Crippen LogP) is 3.51. The zero-order chi connectivity index (χ0) is 16.0. The molecule has 0 aliphatic rings. The Hall–Kier alpha value is -2.20. The highest BCUT2D eigenvalue weighted by molar-refractivity contribution is 5.94. The van der Waals surface area contributed by atoms with E-state index in [1.807, 2.05) is 37.3 Å². The van der Waals surface area contributed by atoms with Crippen molar-refractivity contribution in [1.82, 2.24) is 5.32 Å². The monoisotopic (exact) mass is 301 g/mol. The lowest BCUT2D eigenvalue weighted by Gasteiger charge is -2.32. The van der Waals surface area contributed by atoms with Crippen LogP contribution in [0, 0.1) is 5.82 Å². The van der Waals surface area contributed by atoms with Crippen LogP contribution in [0.5, 0.6) is 0 Å². The zero-order valence-electron chi connectivity index (χ0n) is 12.8. The molecule has 0 bridgehead atoms. The molecule has 0 aliphatic heterocycles. The molecule has 0 fully saturated rings. The van der Waals surface area contributed by atoms with E-state index in [1.165, 1.54) is 18.2 Å². The Morgan fingerprint density at radius 2 is 1.91 bits per heavy atom. The Balaban J connectivity index is 2.14. The summed E-state index contributed by atoms with van der Waals surface area (Å²) < 4.78 is 18.9. The van der Waals surface area contributed by atoms with Gasteiger partial charge in [0, 0.05) is 12.7 Å². The molecular formula is C18H20FNO2. The number of carbonyl (C=O) groups is 1. The van der Waals surface area contributed by atoms with Crippen molar-refractivity contribution in [3.8, 4) is 0 Å². The Bertz CT molecular complexity index is 624. The first-order valence-electron chi connectivity index (χ1n) is 7.26. The summed E-state index contributed by atoms with van der Waals surface area (Å²) in [4.78, 5) is 12.2. The lowest BCUT2D eigenvalue weighted by atomic mass is 9.90. The molecule has 1 atom stereocenters. The van der Waals surface area contributed by atoms with E-state index in [0.717, 1.165) is 5.56 Å². The Labute approximate surface area is 130 Å². The molecule has 3 nitrogen and oxygen atoms in total. The van der Waals surface area contributed by atoms with Gasteiger partial charge in [-0.05, 0) is 30.2 Å². The molecule has 4 heteroatoms. The summed E-state index contributed by atoms with van der Waals surface area (Å²) in [5.74, 6) is -0.741. The van der Waals surface area contributed by atoms with Crippen molar-refractivity contribution in [2.45, 2.75) is 18.9 Å². The quantitative estimate of drug-likeness (QED) is 0.886. The van der Waals surface area contributed by atoms with Crippen LogP contribution in [0.4, 0.5) is 4.39 Å². The number of carbonyl (C=O) groups excluding carboxylic acids is 1. The Morgan fingerprint density at radius 1 is 1.18 bits per heavy atom. The number of nitrogens with one attached hydrogen (secondary N) is 1. The van der Waals surface area contributed by atoms with E-state index in [1.54, 1.807) is 13.2 Å². The van der Waals surface area contributed by atoms with Crippen LogP contribution in [0.25, 0.3) is 0 Å². The first-order valence-corrected chi connectivity index (χ1v) is 7.26. The third-order valence-electron chi connectivity index (χ3n) is 3.88. The highest BCUT2D eigenvalue weighted by atomic mass is 19.1. The maximum atomic E-state index is 13.2. The van der Waals surface area contributed by atoms with Crippen LogP contribution < -0.4 is 5.32 Å². The number of amides is 1. The van der Waals surface area contributed by atoms with Gasteiger partial charge in [-0.25, -0.2) is 4.39 Å². The average molecular weight is 301 g/mol. The third-order valence-corrected chi connectivity index (χ3v) is 3.88. The maximum absolute atomic E-state index is 13.2. The first-order chi connectivity index (χ1) is 10.6. The number of halogens is 1. The fraction of sp³-hybridized carbons (Fsp3) is 0.278. The topological polar surface area (TPSA) is 38.3 Å². The van der Waals surface area contributed by atoms with Gasteiger partial charge in [-0.2, -0.15) is 0 Å². The largest absolute Gasteiger partial charge is 0.372 e. The summed E-state index contributed by atoms with van der Waals surface area (Å²) in [6.45, 7) is 2.32. The van der Waals surface area contributed by atoms with E-state index in [-0.39, 0.29) is 5.91 Å². The highest BCUT2D eigenvalue weighted by Gasteiger charge is 2.30. The molecular weight excluding hydrogens is 281 g/mol. The van der Waals surface area contributed by atoms with Gasteiger partial charge in [0.1, 0.15) is 11.4 Å². The normalized spacial score (nSPS) is 13.4. The number of hydrogen-bond donors (Lipinski definition) is 1. The van der Waals surface area contributed by atoms with Crippen molar-refractivity contribution >= 4 is 5.91 Å². The van der Waals surface area contributed by atoms with Gasteiger partial charge in [-0.3, -0.25) is 4.79 Å². The van der Waals surface area contributed by atoms with Gasteiger partial charge in [-0.1, -0.05) is 43.3 Å². The van der Waals surface area contributed by atoms with Crippen molar-refractivity contribution < 1.29 is 13.9 Å². The SMILES string of the molecule is CCC(CNC(=O)c1cccc(F)c1)(OC)c1ccccc1. The molecule has 1 amide bonds. The van der Waals surface area contributed by atoms with E-state index in [0.29, 0.717) is 18.5 Å². The molecule has 22 heavy (non-hydrogen) atoms. The van der Waals surface area contributed by atoms with E-state index in [4.69, 9.17) is 4.74 Å². The van der Waals surface area contributed by atoms with Crippen LogP contribution in [0.3, 0.4) is 0 Å². The average Bonchev–Trinajstić information content (AvgIpc) is 2.57. The Kier molecular flexibility index (Phi) is 5.28. The number of benzene rings is 2. The maximum Gasteiger partial charge on any atom is 0.251 e. The molecule has 2 aromatic rings. The van der Waals surface area contributed by atoms with Gasteiger partial charge < -0.3 is 10.1 Å². The molecule has 0 heterocycles. The van der Waals surface area contributed by atoms with E-state index < -0.39 is 11.4 Å². The molecule has 1 unspecified atom stereocenters. The van der Waals surface area contributed by atoms with Crippen molar-refractivity contribution in [3.05, 3.63) is 71.5 Å². The molecule has 0 saturated carbocycles. The Morgan fingerprint density at radius 3 is 2.50 bits per heavy atom. The summed E-state index contributed by atoms with van der Waals surface area (Å²) in [5, 5.41) is 2.84. The molecule has 116 valence electrons. The highest BCUT2D eigenvalue weighted by Crippen LogP contribution is 2.28. The standard InChI is InChI=1S/C18H20FNO2/c1-3-18(22-2,15-9-5-4-6-10-15)13-20-17(21)14-8-7-11-16(19)12-14/h4-12H,3,13H2,1-2H3,(H,20,21). The second kappa shape index (κ2) is 7.18. The van der Waals surface area contributed by atoms with Crippen molar-refractivity contribution in [2.75, 3.05) is 13.7 Å². The van der Waals surface area contributed by atoms with Crippen LogP contribution in [0.15, 0.2) is 54.6 Å². The number of methoxy groups -OCH3 is 1. The minimum atomic E-state index is -0.593. The van der Waals surface area contributed by atoms with Gasteiger partial charge in [0.15, 0.2) is 0 Å². The van der Waals surface area contributed by atoms with Crippen molar-refractivity contribution in [1.29, 1.82) is 0 Å². The van der Waals surface area contributed by atoms with Crippen LogP contribution in [-0.2, 0) is 10.3 Å². The summed E-state index contributed by atoms with van der Waals surface area (Å²) in [5.41, 5.74) is 0.707. The van der Waals surface area contributed by atoms with Crippen LogP contribution >= 0.6 is 0 Å². The fourth-order valence-electron chi connectivity index (χ4n) is 2.46. The van der Waals surface area contributed by atoms with Gasteiger partial charge in [0.05, 0.1) is 6.54 Å². The summed E-state index contributed by atoms with van der Waals surface area (Å²) >= 11 is 0. The predicted molar refractivity (Wildman–Crippen MR) is 84.2 cm³/mol. The number of ether oxygens (including phenoxy) is 1. The minimum Gasteiger partial charge on any atom is -0.372 e. The van der Waals surface area contributed by atoms with Crippen LogP contribution in [-0.4, -0.2) is 19.6 Å². The molecule has 1 N–H and O–H groups in total. The van der Waals surface area contributed by atoms with E-state index in [9.17, 15) is 9.18 Å². The molecule has 0 aromatic heterocycles. The molecule has 0 radical (unpaired) electrons. The molecule has 0 aliphatic carbocycles. The van der Waals surface area contributed by atoms with Crippen molar-refractivity contribution in [3.63, 3.8) is 0 Å². The van der Waals surface area contributed by atoms with Gasteiger partial charge >= 0.3 is 0 Å². The second-order valence-electron chi connectivity index (χ2n) is 5.11. The summed E-state index contributed by atoms with van der Waals surface area (Å²) in [6.07, 6.45) is 0.705. The van der Waals surface area contributed by atoms with Gasteiger partial charge in [0.25, 0.3) is 5.91 Å². The third kappa shape index (κ3) is 3.52. The molecule has 2 rings (SSSR count). The van der Waals surface area contributed by atoms with Crippen LogP contribution in [0.2, 0.25) is 0 Å². The molecule has 0 saturated heterocycles. The van der Waals surface area contributed by atoms with Gasteiger partial charge in [-0.15, -0.1) is 0 Å². The van der Waals surface area contributed by atoms with Crippen LogP contribution in [0.1, 0.15) is 29.3 Å².